The fourth-order valence-electron chi connectivity index (χ4n) is 4.02. The molecule has 0 fully saturated rings. The molecule has 0 radical (unpaired) electrons. The number of nitrogens with one attached hydrogen (secondary N) is 1. The van der Waals surface area contributed by atoms with Gasteiger partial charge in [-0.25, -0.2) is 0 Å². The molecule has 0 heterocycles. The van der Waals surface area contributed by atoms with E-state index >= 15 is 0 Å². The van der Waals surface area contributed by atoms with Crippen LogP contribution in [0.2, 0.25) is 10.0 Å². The van der Waals surface area contributed by atoms with E-state index in [0.29, 0.717) is 35.1 Å². The Morgan fingerprint density at radius 2 is 1.57 bits per heavy atom. The average Bonchev–Trinajstić information content (AvgIpc) is 2.84. The normalized spacial score (nSPS) is 11.7. The van der Waals surface area contributed by atoms with Crippen molar-refractivity contribution in [2.75, 3.05) is 6.54 Å². The summed E-state index contributed by atoms with van der Waals surface area (Å²) in [7, 11) is 0. The topological polar surface area (TPSA) is 49.4 Å². The number of hydrogen-bond donors (Lipinski definition) is 1. The fourth-order valence-corrected chi connectivity index (χ4v) is 4.55. The Kier molecular flexibility index (Phi) is 10.2. The maximum atomic E-state index is 13.8. The Hall–Kier alpha value is -2.82. The Morgan fingerprint density at radius 3 is 2.23 bits per heavy atom. The number of rotatable bonds is 11. The summed E-state index contributed by atoms with van der Waals surface area (Å²) >= 11 is 12.8. The van der Waals surface area contributed by atoms with E-state index in [0.717, 1.165) is 29.5 Å². The molecule has 0 aromatic heterocycles. The van der Waals surface area contributed by atoms with Gasteiger partial charge in [-0.1, -0.05) is 103 Å². The number of hydrogen-bond acceptors (Lipinski definition) is 2. The van der Waals surface area contributed by atoms with E-state index in [9.17, 15) is 9.59 Å². The number of unbranched alkanes of at least 4 members (excludes halogenated alkanes) is 1. The molecule has 0 aliphatic heterocycles. The largest absolute Gasteiger partial charge is 0.354 e. The molecule has 1 atom stereocenters. The van der Waals surface area contributed by atoms with Crippen LogP contribution in [0.3, 0.4) is 0 Å². The van der Waals surface area contributed by atoms with E-state index in [1.54, 1.807) is 23.1 Å². The lowest BCUT2D eigenvalue weighted by Gasteiger charge is -2.32. The minimum atomic E-state index is -0.677. The van der Waals surface area contributed by atoms with Gasteiger partial charge in [0.05, 0.1) is 6.42 Å². The molecule has 2 amide bonds. The highest BCUT2D eigenvalue weighted by atomic mass is 35.5. The summed E-state index contributed by atoms with van der Waals surface area (Å²) in [5.41, 5.74) is 3.61. The van der Waals surface area contributed by atoms with Gasteiger partial charge in [0.1, 0.15) is 6.04 Å². The lowest BCUT2D eigenvalue weighted by Crippen LogP contribution is -2.51. The van der Waals surface area contributed by atoms with Crippen molar-refractivity contribution >= 4 is 35.0 Å². The van der Waals surface area contributed by atoms with Crippen molar-refractivity contribution in [2.45, 2.75) is 52.1 Å². The predicted octanol–water partition coefficient (Wildman–Crippen LogP) is 6.40. The third-order valence-corrected chi connectivity index (χ3v) is 6.63. The molecule has 3 rings (SSSR count). The molecule has 1 N–H and O–H groups in total. The van der Waals surface area contributed by atoms with Crippen LogP contribution in [0, 0.1) is 6.92 Å². The number of amides is 2. The highest BCUT2D eigenvalue weighted by Gasteiger charge is 2.31. The molecule has 3 aromatic rings. The van der Waals surface area contributed by atoms with Gasteiger partial charge in [0.15, 0.2) is 0 Å². The van der Waals surface area contributed by atoms with E-state index in [2.05, 4.69) is 12.2 Å². The second-order valence-electron chi connectivity index (χ2n) is 8.74. The van der Waals surface area contributed by atoms with E-state index < -0.39 is 6.04 Å². The third kappa shape index (κ3) is 7.84. The van der Waals surface area contributed by atoms with E-state index in [4.69, 9.17) is 23.2 Å². The number of carbonyl (C=O) groups is 2. The lowest BCUT2D eigenvalue weighted by atomic mass is 10.0. The van der Waals surface area contributed by atoms with Gasteiger partial charge in [0, 0.05) is 29.6 Å². The molecule has 184 valence electrons. The van der Waals surface area contributed by atoms with Crippen molar-refractivity contribution in [2.24, 2.45) is 0 Å². The van der Waals surface area contributed by atoms with Crippen LogP contribution in [0.5, 0.6) is 0 Å². The predicted molar refractivity (Wildman–Crippen MR) is 144 cm³/mol. The minimum Gasteiger partial charge on any atom is -0.354 e. The molecule has 0 bridgehead atoms. The fraction of sp³-hybridized carbons (Fsp3) is 0.310. The second kappa shape index (κ2) is 13.3. The third-order valence-electron chi connectivity index (χ3n) is 5.93. The van der Waals surface area contributed by atoms with Gasteiger partial charge in [0.25, 0.3) is 0 Å². The average molecular weight is 511 g/mol. The van der Waals surface area contributed by atoms with Crippen molar-refractivity contribution in [1.82, 2.24) is 10.2 Å². The summed E-state index contributed by atoms with van der Waals surface area (Å²) in [5, 5.41) is 3.91. The van der Waals surface area contributed by atoms with E-state index in [1.807, 2.05) is 61.5 Å². The molecular weight excluding hydrogens is 479 g/mol. The number of aryl methyl sites for hydroxylation is 1. The molecular formula is C29H32Cl2N2O2. The molecule has 4 nitrogen and oxygen atoms in total. The highest BCUT2D eigenvalue weighted by molar-refractivity contribution is 6.36. The summed E-state index contributed by atoms with van der Waals surface area (Å²) in [6.45, 7) is 4.97. The van der Waals surface area contributed by atoms with Gasteiger partial charge in [-0.05, 0) is 42.2 Å². The molecule has 0 saturated heterocycles. The zero-order chi connectivity index (χ0) is 25.2. The minimum absolute atomic E-state index is 0.0118. The Labute approximate surface area is 218 Å². The molecule has 0 unspecified atom stereocenters. The van der Waals surface area contributed by atoms with Gasteiger partial charge in [-0.15, -0.1) is 0 Å². The molecule has 3 aromatic carbocycles. The molecule has 0 aliphatic rings. The maximum Gasteiger partial charge on any atom is 0.243 e. The first-order chi connectivity index (χ1) is 16.9. The monoisotopic (exact) mass is 510 g/mol. The maximum absolute atomic E-state index is 13.8. The van der Waals surface area contributed by atoms with Crippen molar-refractivity contribution in [3.63, 3.8) is 0 Å². The van der Waals surface area contributed by atoms with Gasteiger partial charge in [0.2, 0.25) is 11.8 Å². The van der Waals surface area contributed by atoms with Crippen molar-refractivity contribution < 1.29 is 9.59 Å². The first-order valence-electron chi connectivity index (χ1n) is 12.0. The summed E-state index contributed by atoms with van der Waals surface area (Å²) in [6.07, 6.45) is 2.27. The summed E-state index contributed by atoms with van der Waals surface area (Å²) < 4.78 is 0. The smallest absolute Gasteiger partial charge is 0.243 e. The lowest BCUT2D eigenvalue weighted by molar-refractivity contribution is -0.140. The standard InChI is InChI=1S/C29H32Cl2N2O2/c1-3-4-16-32-29(35)27(18-22-11-6-5-7-12-22)33(20-23-13-8-10-21(2)17-23)28(34)19-24-25(30)14-9-15-26(24)31/h5-15,17,27H,3-4,16,18-20H2,1-2H3,(H,32,35)/t27-/m1/s1. The van der Waals surface area contributed by atoms with Crippen LogP contribution >= 0.6 is 23.2 Å². The number of benzene rings is 3. The van der Waals surface area contributed by atoms with Crippen LogP contribution in [-0.2, 0) is 29.0 Å². The van der Waals surface area contributed by atoms with E-state index in [-0.39, 0.29) is 18.2 Å². The van der Waals surface area contributed by atoms with Crippen molar-refractivity contribution in [1.29, 1.82) is 0 Å². The van der Waals surface area contributed by atoms with Crippen LogP contribution in [0.15, 0.2) is 72.8 Å². The Balaban J connectivity index is 1.98. The summed E-state index contributed by atoms with van der Waals surface area (Å²) in [5.74, 6) is -0.360. The van der Waals surface area contributed by atoms with Crippen molar-refractivity contribution in [3.05, 3.63) is 105 Å². The van der Waals surface area contributed by atoms with Crippen LogP contribution in [0.25, 0.3) is 0 Å². The van der Waals surface area contributed by atoms with Crippen LogP contribution in [-0.4, -0.2) is 29.3 Å². The summed E-state index contributed by atoms with van der Waals surface area (Å²) in [6, 6.07) is 22.3. The Bertz CT molecular complexity index is 1110. The summed E-state index contributed by atoms with van der Waals surface area (Å²) in [4.78, 5) is 28.9. The molecule has 0 aliphatic carbocycles. The van der Waals surface area contributed by atoms with Crippen molar-refractivity contribution in [3.8, 4) is 0 Å². The van der Waals surface area contributed by atoms with Gasteiger partial charge in [-0.2, -0.15) is 0 Å². The van der Waals surface area contributed by atoms with Crippen LogP contribution in [0.4, 0.5) is 0 Å². The second-order valence-corrected chi connectivity index (χ2v) is 9.55. The van der Waals surface area contributed by atoms with Gasteiger partial charge >= 0.3 is 0 Å². The molecule has 6 heteroatoms. The van der Waals surface area contributed by atoms with Gasteiger partial charge in [-0.3, -0.25) is 9.59 Å². The molecule has 0 spiro atoms. The number of carbonyl (C=O) groups excluding carboxylic acids is 2. The van der Waals surface area contributed by atoms with E-state index in [1.165, 1.54) is 0 Å². The van der Waals surface area contributed by atoms with Crippen LogP contribution in [0.1, 0.15) is 42.0 Å². The van der Waals surface area contributed by atoms with Crippen LogP contribution < -0.4 is 5.32 Å². The zero-order valence-corrected chi connectivity index (χ0v) is 21.8. The Morgan fingerprint density at radius 1 is 0.914 bits per heavy atom. The molecule has 0 saturated carbocycles. The first kappa shape index (κ1) is 26.8. The number of nitrogens with zero attached hydrogens (tertiary/aromatic N) is 1. The first-order valence-corrected chi connectivity index (χ1v) is 12.7. The molecule has 35 heavy (non-hydrogen) atoms. The SMILES string of the molecule is CCCCNC(=O)[C@@H](Cc1ccccc1)N(Cc1cccc(C)c1)C(=O)Cc1c(Cl)cccc1Cl. The zero-order valence-electron chi connectivity index (χ0n) is 20.3. The highest BCUT2D eigenvalue weighted by Crippen LogP contribution is 2.26. The van der Waals surface area contributed by atoms with Gasteiger partial charge < -0.3 is 10.2 Å². The quantitative estimate of drug-likeness (QED) is 0.303. The number of halogens is 2.